The molecule has 0 aliphatic carbocycles. The molecule has 1 amide bonds. The van der Waals surface area contributed by atoms with Crippen LogP contribution in [0, 0.1) is 0 Å². The number of alkyl halides is 1. The molecule has 0 bridgehead atoms. The van der Waals surface area contributed by atoms with Crippen LogP contribution in [0.3, 0.4) is 0 Å². The smallest absolute Gasteiger partial charge is 0.224 e. The molecule has 1 aromatic carbocycles. The molecule has 0 radical (unpaired) electrons. The fourth-order valence-electron chi connectivity index (χ4n) is 1.64. The van der Waals surface area contributed by atoms with E-state index in [2.05, 4.69) is 37.2 Å². The molecule has 5 heteroatoms. The molecule has 18 heavy (non-hydrogen) atoms. The van der Waals surface area contributed by atoms with Crippen LogP contribution in [0.1, 0.15) is 12.0 Å². The highest BCUT2D eigenvalue weighted by molar-refractivity contribution is 9.10. The van der Waals surface area contributed by atoms with Crippen molar-refractivity contribution in [2.75, 3.05) is 19.0 Å². The van der Waals surface area contributed by atoms with Crippen molar-refractivity contribution in [2.24, 2.45) is 0 Å². The number of ether oxygens (including phenoxy) is 1. The van der Waals surface area contributed by atoms with Crippen molar-refractivity contribution >= 4 is 37.8 Å². The quantitative estimate of drug-likeness (QED) is 0.741. The van der Waals surface area contributed by atoms with Crippen molar-refractivity contribution in [3.63, 3.8) is 0 Å². The Morgan fingerprint density at radius 2 is 2.28 bits per heavy atom. The monoisotopic (exact) mass is 377 g/mol. The molecule has 0 fully saturated rings. The first-order valence-electron chi connectivity index (χ1n) is 5.74. The van der Waals surface area contributed by atoms with E-state index in [1.54, 1.807) is 7.11 Å². The molecule has 1 N–H and O–H groups in total. The van der Waals surface area contributed by atoms with Gasteiger partial charge in [0.2, 0.25) is 5.91 Å². The lowest BCUT2D eigenvalue weighted by Gasteiger charge is -2.16. The van der Waals surface area contributed by atoms with E-state index < -0.39 is 0 Å². The molecule has 0 saturated heterocycles. The third-order valence-corrected chi connectivity index (χ3v) is 3.40. The molecule has 100 valence electrons. The summed E-state index contributed by atoms with van der Waals surface area (Å²) < 4.78 is 6.07. The summed E-state index contributed by atoms with van der Waals surface area (Å²) >= 11 is 6.77. The number of methoxy groups -OCH3 is 1. The maximum Gasteiger partial charge on any atom is 0.224 e. The van der Waals surface area contributed by atoms with Gasteiger partial charge in [0.05, 0.1) is 19.1 Å². The number of rotatable bonds is 7. The third-order valence-electron chi connectivity index (χ3n) is 2.44. The molecule has 3 nitrogen and oxygen atoms in total. The highest BCUT2D eigenvalue weighted by Crippen LogP contribution is 2.12. The number of halogens is 2. The van der Waals surface area contributed by atoms with Gasteiger partial charge in [0.25, 0.3) is 0 Å². The molecular formula is C13H17Br2NO2. The van der Waals surface area contributed by atoms with Crippen LogP contribution in [0.2, 0.25) is 0 Å². The van der Waals surface area contributed by atoms with Crippen molar-refractivity contribution in [1.29, 1.82) is 0 Å². The van der Waals surface area contributed by atoms with E-state index in [1.807, 2.05) is 24.3 Å². The Labute approximate surface area is 125 Å². The highest BCUT2D eigenvalue weighted by atomic mass is 79.9. The zero-order valence-electron chi connectivity index (χ0n) is 10.3. The van der Waals surface area contributed by atoms with Crippen molar-refractivity contribution in [1.82, 2.24) is 5.32 Å². The van der Waals surface area contributed by atoms with E-state index in [4.69, 9.17) is 4.74 Å². The third kappa shape index (κ3) is 5.98. The Bertz CT molecular complexity index is 379. The van der Waals surface area contributed by atoms with E-state index >= 15 is 0 Å². The van der Waals surface area contributed by atoms with Gasteiger partial charge >= 0.3 is 0 Å². The molecule has 0 spiro atoms. The minimum Gasteiger partial charge on any atom is -0.383 e. The van der Waals surface area contributed by atoms with Gasteiger partial charge in [-0.25, -0.2) is 0 Å². The molecule has 0 saturated carbocycles. The topological polar surface area (TPSA) is 38.3 Å². The summed E-state index contributed by atoms with van der Waals surface area (Å²) in [7, 11) is 1.64. The lowest BCUT2D eigenvalue weighted by molar-refractivity contribution is -0.121. The van der Waals surface area contributed by atoms with Gasteiger partial charge in [0, 0.05) is 16.9 Å². The predicted molar refractivity (Wildman–Crippen MR) is 80.1 cm³/mol. The second-order valence-electron chi connectivity index (χ2n) is 4.00. The highest BCUT2D eigenvalue weighted by Gasteiger charge is 2.11. The number of carbonyl (C=O) groups is 1. The van der Waals surface area contributed by atoms with Gasteiger partial charge < -0.3 is 10.1 Å². The standard InChI is InChI=1S/C13H17Br2NO2/c1-18-9-12(5-6-14)16-13(17)8-10-3-2-4-11(15)7-10/h2-4,7,12H,5-6,8-9H2,1H3,(H,16,17). The number of benzene rings is 1. The van der Waals surface area contributed by atoms with Crippen LogP contribution < -0.4 is 5.32 Å². The van der Waals surface area contributed by atoms with E-state index in [0.29, 0.717) is 13.0 Å². The lowest BCUT2D eigenvalue weighted by atomic mass is 10.1. The molecule has 1 atom stereocenters. The van der Waals surface area contributed by atoms with Crippen molar-refractivity contribution in [3.8, 4) is 0 Å². The van der Waals surface area contributed by atoms with Crippen molar-refractivity contribution < 1.29 is 9.53 Å². The fraction of sp³-hybridized carbons (Fsp3) is 0.462. The van der Waals surface area contributed by atoms with Crippen molar-refractivity contribution in [2.45, 2.75) is 18.9 Å². The largest absolute Gasteiger partial charge is 0.383 e. The summed E-state index contributed by atoms with van der Waals surface area (Å²) in [6.45, 7) is 0.538. The van der Waals surface area contributed by atoms with E-state index in [0.717, 1.165) is 21.8 Å². The number of carbonyl (C=O) groups excluding carboxylic acids is 1. The zero-order chi connectivity index (χ0) is 13.4. The Balaban J connectivity index is 2.49. The van der Waals surface area contributed by atoms with Gasteiger partial charge in [-0.15, -0.1) is 0 Å². The van der Waals surface area contributed by atoms with Gasteiger partial charge in [0.1, 0.15) is 0 Å². The Hall–Kier alpha value is -0.390. The molecular weight excluding hydrogens is 362 g/mol. The van der Waals surface area contributed by atoms with E-state index in [-0.39, 0.29) is 11.9 Å². The van der Waals surface area contributed by atoms with Gasteiger partial charge in [-0.2, -0.15) is 0 Å². The predicted octanol–water partition coefficient (Wildman–Crippen LogP) is 2.91. The van der Waals surface area contributed by atoms with Crippen LogP contribution in [0.15, 0.2) is 28.7 Å². The first-order chi connectivity index (χ1) is 8.65. The van der Waals surface area contributed by atoms with E-state index in [1.165, 1.54) is 0 Å². The summed E-state index contributed by atoms with van der Waals surface area (Å²) in [6.07, 6.45) is 1.25. The summed E-state index contributed by atoms with van der Waals surface area (Å²) in [4.78, 5) is 11.9. The minimum atomic E-state index is 0.0242. The summed E-state index contributed by atoms with van der Waals surface area (Å²) in [5.74, 6) is 0.0242. The minimum absolute atomic E-state index is 0.0242. The number of amides is 1. The van der Waals surface area contributed by atoms with E-state index in [9.17, 15) is 4.79 Å². The van der Waals surface area contributed by atoms with Crippen LogP contribution in [-0.2, 0) is 16.0 Å². The average Bonchev–Trinajstić information content (AvgIpc) is 2.29. The second kappa shape index (κ2) is 8.67. The zero-order valence-corrected chi connectivity index (χ0v) is 13.5. The summed E-state index contributed by atoms with van der Waals surface area (Å²) in [6, 6.07) is 7.84. The van der Waals surface area contributed by atoms with Gasteiger partial charge in [0.15, 0.2) is 0 Å². The molecule has 0 heterocycles. The Morgan fingerprint density at radius 3 is 2.89 bits per heavy atom. The van der Waals surface area contributed by atoms with Crippen LogP contribution >= 0.6 is 31.9 Å². The van der Waals surface area contributed by atoms with Crippen LogP contribution in [0.4, 0.5) is 0 Å². The number of nitrogens with one attached hydrogen (secondary N) is 1. The fourth-order valence-corrected chi connectivity index (χ4v) is 2.64. The summed E-state index contributed by atoms with van der Waals surface area (Å²) in [5, 5.41) is 3.82. The van der Waals surface area contributed by atoms with Crippen LogP contribution in [-0.4, -0.2) is 31.0 Å². The molecule has 0 aliphatic rings. The van der Waals surface area contributed by atoms with Crippen molar-refractivity contribution in [3.05, 3.63) is 34.3 Å². The maximum atomic E-state index is 11.9. The number of hydrogen-bond donors (Lipinski definition) is 1. The molecule has 1 rings (SSSR count). The SMILES string of the molecule is COCC(CCBr)NC(=O)Cc1cccc(Br)c1. The summed E-state index contributed by atoms with van der Waals surface area (Å²) in [5.41, 5.74) is 0.997. The molecule has 1 aromatic rings. The Morgan fingerprint density at radius 1 is 1.50 bits per heavy atom. The molecule has 0 aromatic heterocycles. The normalized spacial score (nSPS) is 12.2. The first-order valence-corrected chi connectivity index (χ1v) is 7.66. The first kappa shape index (κ1) is 15.7. The molecule has 0 aliphatic heterocycles. The maximum absolute atomic E-state index is 11.9. The van der Waals surface area contributed by atoms with Gasteiger partial charge in [-0.05, 0) is 24.1 Å². The second-order valence-corrected chi connectivity index (χ2v) is 5.71. The Kier molecular flexibility index (Phi) is 7.54. The van der Waals surface area contributed by atoms with Gasteiger partial charge in [-0.3, -0.25) is 4.79 Å². The molecule has 1 unspecified atom stereocenters. The van der Waals surface area contributed by atoms with Gasteiger partial charge in [-0.1, -0.05) is 44.0 Å². The van der Waals surface area contributed by atoms with Crippen LogP contribution in [0.5, 0.6) is 0 Å². The van der Waals surface area contributed by atoms with Crippen LogP contribution in [0.25, 0.3) is 0 Å². The lowest BCUT2D eigenvalue weighted by Crippen LogP contribution is -2.39. The number of hydrogen-bond acceptors (Lipinski definition) is 2. The average molecular weight is 379 g/mol.